The van der Waals surface area contributed by atoms with E-state index in [1.807, 2.05) is 0 Å². The first-order valence-corrected chi connectivity index (χ1v) is 16.1. The highest BCUT2D eigenvalue weighted by Crippen LogP contribution is 2.31. The van der Waals surface area contributed by atoms with Crippen molar-refractivity contribution >= 4 is 34.2 Å². The zero-order valence-electron chi connectivity index (χ0n) is 16.5. The lowest BCUT2D eigenvalue weighted by atomic mass is 10.1. The second-order valence-corrected chi connectivity index (χ2v) is 17.1. The minimum atomic E-state index is -2.04. The van der Waals surface area contributed by atoms with Gasteiger partial charge in [0.2, 0.25) is 6.29 Å². The third-order valence-corrected chi connectivity index (χ3v) is 9.84. The van der Waals surface area contributed by atoms with Gasteiger partial charge in [-0.15, -0.1) is 11.6 Å². The lowest BCUT2D eigenvalue weighted by molar-refractivity contribution is -0.211. The van der Waals surface area contributed by atoms with Crippen molar-refractivity contribution in [3.8, 4) is 0 Å². The Balaban J connectivity index is 2.82. The van der Waals surface area contributed by atoms with E-state index in [4.69, 9.17) is 25.2 Å². The van der Waals surface area contributed by atoms with Crippen molar-refractivity contribution in [2.75, 3.05) is 0 Å². The van der Waals surface area contributed by atoms with Crippen LogP contribution in [0.1, 0.15) is 39.5 Å². The summed E-state index contributed by atoms with van der Waals surface area (Å²) in [5.41, 5.74) is 0. The van der Waals surface area contributed by atoms with Gasteiger partial charge in [-0.2, -0.15) is 0 Å². The van der Waals surface area contributed by atoms with Crippen molar-refractivity contribution in [1.82, 2.24) is 0 Å². The number of ether oxygens (including phenoxy) is 1. The monoisotopic (exact) mass is 410 g/mol. The maximum atomic E-state index is 12.2. The largest absolute Gasteiger partial charge is 0.433 e. The fourth-order valence-electron chi connectivity index (χ4n) is 2.94. The fraction of sp³-hybridized carbons (Fsp3) is 0.941. The summed E-state index contributed by atoms with van der Waals surface area (Å²) in [7, 11) is -4.07. The summed E-state index contributed by atoms with van der Waals surface area (Å²) in [4.78, 5) is 12.2. The van der Waals surface area contributed by atoms with Gasteiger partial charge in [0, 0.05) is 0 Å². The Bertz CT molecular complexity index is 433. The first-order chi connectivity index (χ1) is 11.5. The molecule has 0 aromatic rings. The lowest BCUT2D eigenvalue weighted by Gasteiger charge is -2.42. The number of cyclic esters (lactones) is 1. The van der Waals surface area contributed by atoms with E-state index < -0.39 is 46.5 Å². The second kappa shape index (κ2) is 9.85. The van der Waals surface area contributed by atoms with Gasteiger partial charge in [-0.1, -0.05) is 39.5 Å². The van der Waals surface area contributed by atoms with Crippen molar-refractivity contribution in [3.05, 3.63) is 0 Å². The average Bonchev–Trinajstić information content (AvgIpc) is 2.52. The van der Waals surface area contributed by atoms with Gasteiger partial charge in [-0.05, 0) is 38.3 Å². The number of hydrogen-bond donors (Lipinski definition) is 1. The molecular formula is C17H35ClO5Si2. The molecular weight excluding hydrogens is 376 g/mol. The molecule has 1 saturated heterocycles. The van der Waals surface area contributed by atoms with Gasteiger partial charge >= 0.3 is 5.97 Å². The smallest absolute Gasteiger partial charge is 0.329 e. The standard InChI is InChI=1S/C17H35ClO5Si2/c1-7-9-11-24(3,4)22-15-13(18)16(20)21-17(14(15)19)23-25(5,6)12-10-8-2/h13-15,17,19H,7-12H2,1-6H3/t13-,14+,15+,17?/m1/s1. The number of aliphatic hydroxyl groups excluding tert-OH is 1. The predicted octanol–water partition coefficient (Wildman–Crippen LogP) is 4.25. The Morgan fingerprint density at radius 1 is 1.04 bits per heavy atom. The van der Waals surface area contributed by atoms with Crippen LogP contribution in [0, 0.1) is 0 Å². The minimum Gasteiger partial charge on any atom is -0.433 e. The number of rotatable bonds is 10. The quantitative estimate of drug-likeness (QED) is 0.331. The summed E-state index contributed by atoms with van der Waals surface area (Å²) in [5.74, 6) is -0.567. The van der Waals surface area contributed by atoms with Crippen LogP contribution in [0.15, 0.2) is 0 Å². The summed E-state index contributed by atoms with van der Waals surface area (Å²) in [5, 5.41) is 9.73. The van der Waals surface area contributed by atoms with Crippen molar-refractivity contribution in [1.29, 1.82) is 0 Å². The average molecular weight is 411 g/mol. The van der Waals surface area contributed by atoms with E-state index in [1.165, 1.54) is 0 Å². The maximum absolute atomic E-state index is 12.2. The third-order valence-electron chi connectivity index (χ3n) is 4.52. The second-order valence-electron chi connectivity index (χ2n) is 8.12. The van der Waals surface area contributed by atoms with E-state index in [-0.39, 0.29) is 0 Å². The predicted molar refractivity (Wildman–Crippen MR) is 106 cm³/mol. The van der Waals surface area contributed by atoms with E-state index >= 15 is 0 Å². The van der Waals surface area contributed by atoms with Crippen molar-refractivity contribution < 1.29 is 23.5 Å². The van der Waals surface area contributed by atoms with Crippen molar-refractivity contribution in [3.63, 3.8) is 0 Å². The van der Waals surface area contributed by atoms with Crippen molar-refractivity contribution in [2.45, 2.75) is 102 Å². The van der Waals surface area contributed by atoms with Gasteiger partial charge in [0.15, 0.2) is 22.0 Å². The van der Waals surface area contributed by atoms with Crippen LogP contribution < -0.4 is 0 Å². The number of carbonyl (C=O) groups is 1. The summed E-state index contributed by atoms with van der Waals surface area (Å²) >= 11 is 6.21. The molecule has 0 aliphatic carbocycles. The van der Waals surface area contributed by atoms with Gasteiger partial charge < -0.3 is 18.7 Å². The van der Waals surface area contributed by atoms with E-state index in [1.54, 1.807) is 0 Å². The van der Waals surface area contributed by atoms with Gasteiger partial charge in [0.1, 0.15) is 12.2 Å². The highest BCUT2D eigenvalue weighted by atomic mass is 35.5. The molecule has 1 fully saturated rings. The zero-order valence-corrected chi connectivity index (χ0v) is 19.3. The number of halogens is 1. The molecule has 1 rings (SSSR count). The number of esters is 1. The molecule has 4 atom stereocenters. The molecule has 25 heavy (non-hydrogen) atoms. The number of unbranched alkanes of at least 4 members (excludes halogenated alkanes) is 2. The van der Waals surface area contributed by atoms with Crippen LogP contribution >= 0.6 is 11.6 Å². The van der Waals surface area contributed by atoms with E-state index in [0.717, 1.165) is 37.8 Å². The number of alkyl halides is 1. The Hall–Kier alpha value is 0.0738. The Morgan fingerprint density at radius 2 is 1.52 bits per heavy atom. The molecule has 0 radical (unpaired) electrons. The molecule has 0 aromatic heterocycles. The molecule has 0 saturated carbocycles. The molecule has 1 aliphatic heterocycles. The maximum Gasteiger partial charge on any atom is 0.329 e. The molecule has 0 amide bonds. The van der Waals surface area contributed by atoms with E-state index in [0.29, 0.717) is 0 Å². The SMILES string of the molecule is CCCC[Si](C)(C)OC1OC(=O)[C@H](Cl)[C@H](O[Si](C)(C)CCCC)[C@@H]1O. The number of hydrogen-bond acceptors (Lipinski definition) is 5. The lowest BCUT2D eigenvalue weighted by Crippen LogP contribution is -2.60. The molecule has 0 spiro atoms. The number of carbonyl (C=O) groups excluding carboxylic acids is 1. The van der Waals surface area contributed by atoms with E-state index in [9.17, 15) is 9.90 Å². The normalized spacial score (nSPS) is 28.1. The highest BCUT2D eigenvalue weighted by Gasteiger charge is 2.49. The summed E-state index contributed by atoms with van der Waals surface area (Å²) in [6.07, 6.45) is 1.48. The molecule has 1 heterocycles. The van der Waals surface area contributed by atoms with Gasteiger partial charge in [-0.3, -0.25) is 4.79 Å². The van der Waals surface area contributed by atoms with Crippen LogP contribution in [-0.2, 0) is 18.4 Å². The van der Waals surface area contributed by atoms with Crippen LogP contribution in [0.2, 0.25) is 38.3 Å². The van der Waals surface area contributed by atoms with Gasteiger partial charge in [0.05, 0.1) is 0 Å². The molecule has 0 bridgehead atoms. The molecule has 1 N–H and O–H groups in total. The van der Waals surface area contributed by atoms with Crippen LogP contribution in [0.4, 0.5) is 0 Å². The summed E-state index contributed by atoms with van der Waals surface area (Å²) in [6.45, 7) is 12.6. The minimum absolute atomic E-state index is 0.567. The zero-order chi connectivity index (χ0) is 19.3. The molecule has 0 aromatic carbocycles. The van der Waals surface area contributed by atoms with Crippen LogP contribution in [0.3, 0.4) is 0 Å². The Kier molecular flexibility index (Phi) is 9.11. The number of aliphatic hydroxyl groups is 1. The summed E-state index contributed by atoms with van der Waals surface area (Å²) in [6, 6.07) is 1.92. The van der Waals surface area contributed by atoms with Gasteiger partial charge in [0.25, 0.3) is 0 Å². The first-order valence-electron chi connectivity index (χ1n) is 9.41. The topological polar surface area (TPSA) is 65.0 Å². The van der Waals surface area contributed by atoms with Crippen LogP contribution in [0.25, 0.3) is 0 Å². The fourth-order valence-corrected chi connectivity index (χ4v) is 7.75. The van der Waals surface area contributed by atoms with Crippen LogP contribution in [-0.4, -0.2) is 51.6 Å². The highest BCUT2D eigenvalue weighted by molar-refractivity contribution is 6.71. The molecule has 148 valence electrons. The third kappa shape index (κ3) is 7.30. The van der Waals surface area contributed by atoms with Crippen molar-refractivity contribution in [2.24, 2.45) is 0 Å². The summed E-state index contributed by atoms with van der Waals surface area (Å²) < 4.78 is 17.5. The first kappa shape index (κ1) is 23.1. The molecule has 1 unspecified atom stereocenters. The molecule has 5 nitrogen and oxygen atoms in total. The van der Waals surface area contributed by atoms with Gasteiger partial charge in [-0.25, -0.2) is 0 Å². The van der Waals surface area contributed by atoms with E-state index in [2.05, 4.69) is 40.0 Å². The molecule has 8 heteroatoms. The Morgan fingerprint density at radius 3 is 2.00 bits per heavy atom. The van der Waals surface area contributed by atoms with Crippen LogP contribution in [0.5, 0.6) is 0 Å². The Labute approximate surface area is 159 Å². The molecule has 1 aliphatic rings.